The summed E-state index contributed by atoms with van der Waals surface area (Å²) in [7, 11) is 0. The number of hydrogen-bond donors (Lipinski definition) is 0. The number of nitrogens with zero attached hydrogens (tertiary/aromatic N) is 1. The Kier molecular flexibility index (Phi) is 9.14. The minimum Gasteiger partial charge on any atom is -0.466 e. The van der Waals surface area contributed by atoms with Crippen molar-refractivity contribution in [3.05, 3.63) is 0 Å². The Morgan fingerprint density at radius 1 is 1.18 bits per heavy atom. The van der Waals surface area contributed by atoms with Crippen LogP contribution in [0.15, 0.2) is 0 Å². The van der Waals surface area contributed by atoms with E-state index in [1.54, 1.807) is 0 Å². The maximum atomic E-state index is 11.3. The summed E-state index contributed by atoms with van der Waals surface area (Å²) in [6, 6.07) is 0.497. The topological polar surface area (TPSA) is 29.5 Å². The van der Waals surface area contributed by atoms with Gasteiger partial charge in [-0.05, 0) is 46.1 Å². The number of carbonyl (C=O) groups is 1. The molecule has 0 saturated carbocycles. The van der Waals surface area contributed by atoms with Crippen molar-refractivity contribution >= 4 is 5.97 Å². The van der Waals surface area contributed by atoms with Crippen LogP contribution in [0.2, 0.25) is 0 Å². The van der Waals surface area contributed by atoms with Crippen LogP contribution in [0.1, 0.15) is 53.9 Å². The molecule has 0 N–H and O–H groups in total. The molecule has 0 bridgehead atoms. The Bertz CT molecular complexity index is 202. The third kappa shape index (κ3) is 9.16. The lowest BCUT2D eigenvalue weighted by molar-refractivity contribution is -0.143. The second-order valence-corrected chi connectivity index (χ2v) is 5.22. The van der Waals surface area contributed by atoms with Crippen LogP contribution in [0.5, 0.6) is 0 Å². The second-order valence-electron chi connectivity index (χ2n) is 5.22. The van der Waals surface area contributed by atoms with E-state index in [1.165, 1.54) is 12.8 Å². The van der Waals surface area contributed by atoms with Crippen molar-refractivity contribution in [2.24, 2.45) is 5.92 Å². The fourth-order valence-electron chi connectivity index (χ4n) is 1.80. The smallest absolute Gasteiger partial charge is 0.307 e. The average Bonchev–Trinajstić information content (AvgIpc) is 2.22. The molecule has 3 nitrogen and oxygen atoms in total. The summed E-state index contributed by atoms with van der Waals surface area (Å²) in [5, 5.41) is 0. The minimum atomic E-state index is -0.0815. The zero-order valence-electron chi connectivity index (χ0n) is 12.2. The van der Waals surface area contributed by atoms with Gasteiger partial charge in [0, 0.05) is 12.6 Å². The van der Waals surface area contributed by atoms with Crippen molar-refractivity contribution in [3.8, 4) is 0 Å². The number of esters is 1. The normalized spacial score (nSPS) is 11.5. The van der Waals surface area contributed by atoms with Gasteiger partial charge in [0.2, 0.25) is 0 Å². The zero-order valence-corrected chi connectivity index (χ0v) is 12.2. The molecular weight excluding hydrogens is 214 g/mol. The van der Waals surface area contributed by atoms with E-state index in [4.69, 9.17) is 4.74 Å². The molecule has 0 rings (SSSR count). The van der Waals surface area contributed by atoms with Crippen LogP contribution in [0, 0.1) is 5.92 Å². The molecule has 0 spiro atoms. The van der Waals surface area contributed by atoms with Crippen molar-refractivity contribution < 1.29 is 9.53 Å². The van der Waals surface area contributed by atoms with E-state index in [1.807, 2.05) is 6.92 Å². The minimum absolute atomic E-state index is 0.0815. The van der Waals surface area contributed by atoms with Gasteiger partial charge in [-0.3, -0.25) is 4.79 Å². The van der Waals surface area contributed by atoms with Crippen LogP contribution in [-0.4, -0.2) is 36.6 Å². The molecule has 0 amide bonds. The fraction of sp³-hybridized carbons (Fsp3) is 0.929. The largest absolute Gasteiger partial charge is 0.466 e. The summed E-state index contributed by atoms with van der Waals surface area (Å²) in [5.74, 6) is 0.677. The lowest BCUT2D eigenvalue weighted by atomic mass is 10.1. The molecule has 0 fully saturated rings. The molecule has 0 aliphatic carbocycles. The molecule has 0 aliphatic rings. The summed E-state index contributed by atoms with van der Waals surface area (Å²) < 4.78 is 4.95. The van der Waals surface area contributed by atoms with Crippen LogP contribution >= 0.6 is 0 Å². The van der Waals surface area contributed by atoms with Crippen molar-refractivity contribution in [3.63, 3.8) is 0 Å². The van der Waals surface area contributed by atoms with Crippen molar-refractivity contribution in [2.45, 2.75) is 59.9 Å². The molecular formula is C14H29NO2. The molecule has 3 heteroatoms. The Hall–Kier alpha value is -0.570. The maximum Gasteiger partial charge on any atom is 0.307 e. The van der Waals surface area contributed by atoms with E-state index in [9.17, 15) is 4.79 Å². The van der Waals surface area contributed by atoms with Gasteiger partial charge in [0.15, 0.2) is 0 Å². The molecule has 102 valence electrons. The van der Waals surface area contributed by atoms with Crippen molar-refractivity contribution in [1.82, 2.24) is 4.90 Å². The lowest BCUT2D eigenvalue weighted by Crippen LogP contribution is -2.34. The highest BCUT2D eigenvalue weighted by Gasteiger charge is 2.12. The molecule has 0 aromatic heterocycles. The highest BCUT2D eigenvalue weighted by Crippen LogP contribution is 2.08. The van der Waals surface area contributed by atoms with Crippen LogP contribution in [0.25, 0.3) is 0 Å². The van der Waals surface area contributed by atoms with Crippen LogP contribution in [0.3, 0.4) is 0 Å². The summed E-state index contributed by atoms with van der Waals surface area (Å²) in [6.07, 6.45) is 2.97. The predicted octanol–water partition coefficient (Wildman–Crippen LogP) is 3.09. The van der Waals surface area contributed by atoms with Gasteiger partial charge in [-0.1, -0.05) is 13.8 Å². The number of hydrogen-bond acceptors (Lipinski definition) is 3. The highest BCUT2D eigenvalue weighted by atomic mass is 16.5. The molecule has 0 aromatic carbocycles. The quantitative estimate of drug-likeness (QED) is 0.583. The monoisotopic (exact) mass is 243 g/mol. The van der Waals surface area contributed by atoms with E-state index < -0.39 is 0 Å². The molecule has 0 atom stereocenters. The summed E-state index contributed by atoms with van der Waals surface area (Å²) >= 11 is 0. The van der Waals surface area contributed by atoms with E-state index in [0.29, 0.717) is 19.1 Å². The first-order valence-electron chi connectivity index (χ1n) is 6.87. The molecule has 0 aromatic rings. The van der Waals surface area contributed by atoms with Crippen LogP contribution in [0.4, 0.5) is 0 Å². The van der Waals surface area contributed by atoms with Gasteiger partial charge < -0.3 is 9.64 Å². The summed E-state index contributed by atoms with van der Waals surface area (Å²) in [4.78, 5) is 13.7. The van der Waals surface area contributed by atoms with Crippen molar-refractivity contribution in [1.29, 1.82) is 0 Å². The van der Waals surface area contributed by atoms with Gasteiger partial charge >= 0.3 is 5.97 Å². The average molecular weight is 243 g/mol. The van der Waals surface area contributed by atoms with Crippen molar-refractivity contribution in [2.75, 3.05) is 19.7 Å². The molecule has 0 heterocycles. The Morgan fingerprint density at radius 3 is 2.29 bits per heavy atom. The fourth-order valence-corrected chi connectivity index (χ4v) is 1.80. The van der Waals surface area contributed by atoms with E-state index in [-0.39, 0.29) is 5.97 Å². The predicted molar refractivity (Wildman–Crippen MR) is 72.0 cm³/mol. The number of rotatable bonds is 9. The molecule has 0 unspecified atom stereocenters. The molecule has 17 heavy (non-hydrogen) atoms. The third-order valence-corrected chi connectivity index (χ3v) is 2.87. The number of ether oxygens (including phenoxy) is 1. The molecule has 0 saturated heterocycles. The summed E-state index contributed by atoms with van der Waals surface area (Å²) in [6.45, 7) is 13.1. The first-order chi connectivity index (χ1) is 7.97. The lowest BCUT2D eigenvalue weighted by Gasteiger charge is -2.26. The molecule has 0 radical (unpaired) electrons. The van der Waals surface area contributed by atoms with Gasteiger partial charge in [-0.2, -0.15) is 0 Å². The first-order valence-corrected chi connectivity index (χ1v) is 6.87. The van der Waals surface area contributed by atoms with E-state index >= 15 is 0 Å². The third-order valence-electron chi connectivity index (χ3n) is 2.87. The van der Waals surface area contributed by atoms with Gasteiger partial charge in [0.1, 0.15) is 0 Å². The van der Waals surface area contributed by atoms with E-state index in [2.05, 4.69) is 32.6 Å². The summed E-state index contributed by atoms with van der Waals surface area (Å²) in [5.41, 5.74) is 0. The SMILES string of the molecule is CCOC(=O)CCN(CCCC(C)C)C(C)C. The van der Waals surface area contributed by atoms with Crippen LogP contribution in [-0.2, 0) is 9.53 Å². The zero-order chi connectivity index (χ0) is 13.3. The first kappa shape index (κ1) is 16.4. The standard InChI is InChI=1S/C14H29NO2/c1-6-17-14(16)9-11-15(13(4)5)10-7-8-12(2)3/h12-13H,6-11H2,1-5H3. The van der Waals surface area contributed by atoms with E-state index in [0.717, 1.165) is 19.0 Å². The molecule has 0 aliphatic heterocycles. The Labute approximate surface area is 107 Å². The second kappa shape index (κ2) is 9.46. The van der Waals surface area contributed by atoms with Crippen LogP contribution < -0.4 is 0 Å². The maximum absolute atomic E-state index is 11.3. The van der Waals surface area contributed by atoms with Gasteiger partial charge in [0.25, 0.3) is 0 Å². The number of carbonyl (C=O) groups excluding carboxylic acids is 1. The Balaban J connectivity index is 3.86. The van der Waals surface area contributed by atoms with Gasteiger partial charge in [0.05, 0.1) is 13.0 Å². The van der Waals surface area contributed by atoms with Gasteiger partial charge in [-0.25, -0.2) is 0 Å². The highest BCUT2D eigenvalue weighted by molar-refractivity contribution is 5.69. The Morgan fingerprint density at radius 2 is 1.82 bits per heavy atom. The van der Waals surface area contributed by atoms with Gasteiger partial charge in [-0.15, -0.1) is 0 Å².